The Bertz CT molecular complexity index is 990. The van der Waals surface area contributed by atoms with Gasteiger partial charge in [-0.15, -0.1) is 0 Å². The second-order valence-electron chi connectivity index (χ2n) is 6.71. The van der Waals surface area contributed by atoms with Crippen LogP contribution >= 0.6 is 0 Å². The van der Waals surface area contributed by atoms with Crippen LogP contribution in [0.4, 0.5) is 0 Å². The smallest absolute Gasteiger partial charge is 0.247 e. The molecule has 0 bridgehead atoms. The van der Waals surface area contributed by atoms with Crippen LogP contribution in [-0.4, -0.2) is 27.1 Å². The average molecular weight is 359 g/mol. The van der Waals surface area contributed by atoms with Crippen molar-refractivity contribution in [3.8, 4) is 5.75 Å². The normalized spacial score (nSPS) is 13.5. The fourth-order valence-electron chi connectivity index (χ4n) is 3.38. The molecule has 0 saturated carbocycles. The number of benzene rings is 2. The maximum absolute atomic E-state index is 12.0. The Kier molecular flexibility index (Phi) is 4.75. The zero-order chi connectivity index (χ0) is 18.6. The molecule has 3 aromatic rings. The van der Waals surface area contributed by atoms with Crippen molar-refractivity contribution in [2.45, 2.75) is 19.4 Å². The molecule has 136 valence electrons. The number of phenols is 1. The van der Waals surface area contributed by atoms with Crippen LogP contribution < -0.4 is 5.32 Å². The van der Waals surface area contributed by atoms with Gasteiger partial charge in [-0.05, 0) is 23.3 Å². The SMILES string of the molecule is O=C1NCC=C1Cc1c(Cc2ccccc2)ncn1Cc1cccc(O)c1. The van der Waals surface area contributed by atoms with Crippen molar-refractivity contribution in [2.24, 2.45) is 0 Å². The third-order valence-corrected chi connectivity index (χ3v) is 4.77. The highest BCUT2D eigenvalue weighted by Crippen LogP contribution is 2.21. The molecule has 1 aromatic heterocycles. The molecule has 1 amide bonds. The number of phenolic OH excluding ortho intramolecular Hbond substituents is 1. The highest BCUT2D eigenvalue weighted by Gasteiger charge is 2.20. The summed E-state index contributed by atoms with van der Waals surface area (Å²) in [5.74, 6) is 0.238. The van der Waals surface area contributed by atoms with Gasteiger partial charge in [-0.2, -0.15) is 0 Å². The van der Waals surface area contributed by atoms with Crippen molar-refractivity contribution in [1.29, 1.82) is 0 Å². The quantitative estimate of drug-likeness (QED) is 0.711. The maximum Gasteiger partial charge on any atom is 0.247 e. The Hall–Kier alpha value is -3.34. The largest absolute Gasteiger partial charge is 0.508 e. The summed E-state index contributed by atoms with van der Waals surface area (Å²) in [5.41, 5.74) is 4.96. The van der Waals surface area contributed by atoms with E-state index >= 15 is 0 Å². The summed E-state index contributed by atoms with van der Waals surface area (Å²) in [4.78, 5) is 16.7. The number of aromatic hydroxyl groups is 1. The van der Waals surface area contributed by atoms with Gasteiger partial charge in [0.15, 0.2) is 0 Å². The Labute approximate surface area is 158 Å². The lowest BCUT2D eigenvalue weighted by Crippen LogP contribution is -2.19. The van der Waals surface area contributed by atoms with Crippen LogP contribution in [-0.2, 0) is 24.2 Å². The van der Waals surface area contributed by atoms with Gasteiger partial charge in [0.25, 0.3) is 0 Å². The van der Waals surface area contributed by atoms with E-state index in [4.69, 9.17) is 0 Å². The van der Waals surface area contributed by atoms with E-state index in [1.807, 2.05) is 42.7 Å². The van der Waals surface area contributed by atoms with Crippen LogP contribution in [0.2, 0.25) is 0 Å². The van der Waals surface area contributed by atoms with E-state index < -0.39 is 0 Å². The molecule has 1 aliphatic rings. The van der Waals surface area contributed by atoms with Crippen molar-refractivity contribution in [1.82, 2.24) is 14.9 Å². The first-order valence-electron chi connectivity index (χ1n) is 9.01. The lowest BCUT2D eigenvalue weighted by molar-refractivity contribution is -0.116. The zero-order valence-electron chi connectivity index (χ0n) is 14.9. The minimum atomic E-state index is -0.00855. The van der Waals surface area contributed by atoms with Gasteiger partial charge >= 0.3 is 0 Å². The van der Waals surface area contributed by atoms with Crippen molar-refractivity contribution < 1.29 is 9.90 Å². The molecule has 0 fully saturated rings. The van der Waals surface area contributed by atoms with Crippen LogP contribution in [0.1, 0.15) is 22.5 Å². The molecule has 0 atom stereocenters. The van der Waals surface area contributed by atoms with Gasteiger partial charge in [0, 0.05) is 37.2 Å². The molecular weight excluding hydrogens is 338 g/mol. The number of nitrogens with one attached hydrogen (secondary N) is 1. The van der Waals surface area contributed by atoms with E-state index in [1.54, 1.807) is 12.1 Å². The number of rotatable bonds is 6. The molecule has 2 aromatic carbocycles. The molecule has 0 unspecified atom stereocenters. The monoisotopic (exact) mass is 359 g/mol. The summed E-state index contributed by atoms with van der Waals surface area (Å²) in [6, 6.07) is 17.4. The Morgan fingerprint density at radius 2 is 1.85 bits per heavy atom. The van der Waals surface area contributed by atoms with Crippen LogP contribution in [0.25, 0.3) is 0 Å². The summed E-state index contributed by atoms with van der Waals surface area (Å²) >= 11 is 0. The first-order valence-corrected chi connectivity index (χ1v) is 9.01. The zero-order valence-corrected chi connectivity index (χ0v) is 14.9. The van der Waals surface area contributed by atoms with Crippen LogP contribution in [0.3, 0.4) is 0 Å². The minimum absolute atomic E-state index is 0.00855. The number of aromatic nitrogens is 2. The summed E-state index contributed by atoms with van der Waals surface area (Å²) in [6.45, 7) is 1.18. The van der Waals surface area contributed by atoms with Gasteiger partial charge < -0.3 is 15.0 Å². The number of hydrogen-bond donors (Lipinski definition) is 2. The Morgan fingerprint density at radius 1 is 1.04 bits per heavy atom. The molecule has 0 aliphatic carbocycles. The van der Waals surface area contributed by atoms with Crippen LogP contribution in [0.15, 0.2) is 72.6 Å². The van der Waals surface area contributed by atoms with E-state index in [2.05, 4.69) is 27.0 Å². The van der Waals surface area contributed by atoms with Crippen molar-refractivity contribution in [3.05, 3.63) is 95.1 Å². The molecular formula is C22H21N3O2. The first kappa shape index (κ1) is 17.1. The number of hydrogen-bond acceptors (Lipinski definition) is 3. The van der Waals surface area contributed by atoms with Crippen molar-refractivity contribution in [2.75, 3.05) is 6.54 Å². The Morgan fingerprint density at radius 3 is 2.59 bits per heavy atom. The van der Waals surface area contributed by atoms with Gasteiger partial charge in [0.05, 0.1) is 12.0 Å². The molecule has 0 spiro atoms. The van der Waals surface area contributed by atoms with Gasteiger partial charge in [0.2, 0.25) is 5.91 Å². The topological polar surface area (TPSA) is 67.2 Å². The maximum atomic E-state index is 12.0. The molecule has 5 nitrogen and oxygen atoms in total. The van der Waals surface area contributed by atoms with E-state index in [0.717, 1.165) is 28.9 Å². The number of carbonyl (C=O) groups is 1. The summed E-state index contributed by atoms with van der Waals surface area (Å²) in [7, 11) is 0. The molecule has 0 saturated heterocycles. The Balaban J connectivity index is 1.66. The molecule has 2 heterocycles. The van der Waals surface area contributed by atoms with Crippen molar-refractivity contribution in [3.63, 3.8) is 0 Å². The van der Waals surface area contributed by atoms with Crippen LogP contribution in [0, 0.1) is 0 Å². The predicted molar refractivity (Wildman–Crippen MR) is 103 cm³/mol. The summed E-state index contributed by atoms with van der Waals surface area (Å²) < 4.78 is 2.07. The molecule has 5 heteroatoms. The van der Waals surface area contributed by atoms with Gasteiger partial charge in [-0.25, -0.2) is 4.98 Å². The van der Waals surface area contributed by atoms with Gasteiger partial charge in [-0.3, -0.25) is 4.79 Å². The highest BCUT2D eigenvalue weighted by atomic mass is 16.3. The third kappa shape index (κ3) is 3.92. The number of amides is 1. The average Bonchev–Trinajstić information content (AvgIpc) is 3.24. The number of carbonyl (C=O) groups excluding carboxylic acids is 1. The van der Waals surface area contributed by atoms with Gasteiger partial charge in [-0.1, -0.05) is 48.5 Å². The van der Waals surface area contributed by atoms with E-state index in [0.29, 0.717) is 19.5 Å². The fraction of sp³-hybridized carbons (Fsp3) is 0.182. The standard InChI is InChI=1S/C22H21N3O2/c26-19-8-4-7-17(11-19)14-25-15-24-20(12-16-5-2-1-3-6-16)21(25)13-18-9-10-23-22(18)27/h1-9,11,15,26H,10,12-14H2,(H,23,27). The summed E-state index contributed by atoms with van der Waals surface area (Å²) in [5, 5.41) is 12.6. The second kappa shape index (κ2) is 7.50. The van der Waals surface area contributed by atoms with Gasteiger partial charge in [0.1, 0.15) is 5.75 Å². The lowest BCUT2D eigenvalue weighted by atomic mass is 10.0. The lowest BCUT2D eigenvalue weighted by Gasteiger charge is -2.11. The first-order chi connectivity index (χ1) is 13.2. The van der Waals surface area contributed by atoms with E-state index in [1.165, 1.54) is 5.56 Å². The predicted octanol–water partition coefficient (Wildman–Crippen LogP) is 2.83. The number of nitrogens with zero attached hydrogens (tertiary/aromatic N) is 2. The van der Waals surface area contributed by atoms with Crippen molar-refractivity contribution >= 4 is 5.91 Å². The third-order valence-electron chi connectivity index (χ3n) is 4.77. The highest BCUT2D eigenvalue weighted by molar-refractivity contribution is 5.96. The molecule has 2 N–H and O–H groups in total. The fourth-order valence-corrected chi connectivity index (χ4v) is 3.38. The van der Waals surface area contributed by atoms with E-state index in [9.17, 15) is 9.90 Å². The van der Waals surface area contributed by atoms with Crippen LogP contribution in [0.5, 0.6) is 5.75 Å². The molecule has 27 heavy (non-hydrogen) atoms. The molecule has 0 radical (unpaired) electrons. The molecule has 1 aliphatic heterocycles. The second-order valence-corrected chi connectivity index (χ2v) is 6.71. The minimum Gasteiger partial charge on any atom is -0.508 e. The molecule has 4 rings (SSSR count). The summed E-state index contributed by atoms with van der Waals surface area (Å²) in [6.07, 6.45) is 5.04. The van der Waals surface area contributed by atoms with E-state index in [-0.39, 0.29) is 11.7 Å². The number of imidazole rings is 1.